The summed E-state index contributed by atoms with van der Waals surface area (Å²) in [5.74, 6) is 0.149. The summed E-state index contributed by atoms with van der Waals surface area (Å²) in [5, 5.41) is 3.23. The fourth-order valence-electron chi connectivity index (χ4n) is 2.88. The zero-order valence-corrected chi connectivity index (χ0v) is 13.8. The molecule has 1 unspecified atom stereocenters. The number of benzene rings is 1. The topological polar surface area (TPSA) is 49.4 Å². The van der Waals surface area contributed by atoms with Crippen LogP contribution in [0.4, 0.5) is 0 Å². The summed E-state index contributed by atoms with van der Waals surface area (Å²) in [7, 11) is 1.93. The molecule has 22 heavy (non-hydrogen) atoms. The first-order valence-corrected chi connectivity index (χ1v) is 8.06. The molecule has 1 aliphatic heterocycles. The number of amides is 1. The fraction of sp³-hybridized carbons (Fsp3) is 0.556. The van der Waals surface area contributed by atoms with Crippen LogP contribution in [0.2, 0.25) is 0 Å². The van der Waals surface area contributed by atoms with Crippen molar-refractivity contribution in [3.63, 3.8) is 0 Å². The number of rotatable bonds is 5. The molecule has 2 rings (SSSR count). The zero-order chi connectivity index (χ0) is 16.1. The molecule has 4 heteroatoms. The maximum Gasteiger partial charge on any atom is 0.223 e. The van der Waals surface area contributed by atoms with E-state index in [1.54, 1.807) is 0 Å². The van der Waals surface area contributed by atoms with Crippen molar-refractivity contribution < 1.29 is 9.59 Å². The molecule has 0 aromatic heterocycles. The summed E-state index contributed by atoms with van der Waals surface area (Å²) < 4.78 is 0. The Labute approximate surface area is 132 Å². The molecule has 0 saturated carbocycles. The molecule has 1 N–H and O–H groups in total. The van der Waals surface area contributed by atoms with E-state index >= 15 is 0 Å². The molecular weight excluding hydrogens is 276 g/mol. The molecule has 0 radical (unpaired) electrons. The van der Waals surface area contributed by atoms with Crippen molar-refractivity contribution in [3.8, 4) is 0 Å². The number of nitrogens with zero attached hydrogens (tertiary/aromatic N) is 1. The third kappa shape index (κ3) is 4.17. The van der Waals surface area contributed by atoms with Gasteiger partial charge in [-0.1, -0.05) is 12.1 Å². The minimum atomic E-state index is 0.0543. The van der Waals surface area contributed by atoms with Crippen molar-refractivity contribution in [1.29, 1.82) is 0 Å². The van der Waals surface area contributed by atoms with Crippen LogP contribution in [-0.4, -0.2) is 42.8 Å². The number of piperidine rings is 1. The number of Topliss-reactive ketones (excluding diaryl/α,β-unsaturated/α-hetero) is 1. The quantitative estimate of drug-likeness (QED) is 0.850. The molecule has 4 nitrogen and oxygen atoms in total. The van der Waals surface area contributed by atoms with Crippen molar-refractivity contribution in [2.24, 2.45) is 0 Å². The van der Waals surface area contributed by atoms with Crippen LogP contribution in [0.25, 0.3) is 0 Å². The molecule has 1 aromatic carbocycles. The van der Waals surface area contributed by atoms with Gasteiger partial charge in [-0.15, -0.1) is 0 Å². The third-order valence-electron chi connectivity index (χ3n) is 4.58. The molecule has 1 heterocycles. The summed E-state index contributed by atoms with van der Waals surface area (Å²) in [4.78, 5) is 26.4. The Kier molecular flexibility index (Phi) is 5.72. The van der Waals surface area contributed by atoms with Crippen LogP contribution in [0.15, 0.2) is 18.2 Å². The Morgan fingerprint density at radius 1 is 1.23 bits per heavy atom. The highest BCUT2D eigenvalue weighted by atomic mass is 16.2. The second-order valence-electron chi connectivity index (χ2n) is 6.19. The number of aryl methyl sites for hydroxylation is 2. The first-order chi connectivity index (χ1) is 10.5. The molecule has 0 bridgehead atoms. The lowest BCUT2D eigenvalue weighted by molar-refractivity contribution is -0.132. The standard InChI is InChI=1S/C18H26N2O2/c1-13-6-7-15(11-14(13)2)17(21)8-9-18(22)20-10-4-5-16(12-20)19-3/h6-7,11,16,19H,4-5,8-10,12H2,1-3H3. The van der Waals surface area contributed by atoms with Gasteiger partial charge in [0.1, 0.15) is 0 Å². The normalized spacial score (nSPS) is 18.3. The van der Waals surface area contributed by atoms with E-state index < -0.39 is 0 Å². The fourth-order valence-corrected chi connectivity index (χ4v) is 2.88. The van der Waals surface area contributed by atoms with E-state index in [-0.39, 0.29) is 11.7 Å². The Balaban J connectivity index is 1.87. The molecule has 1 saturated heterocycles. The van der Waals surface area contributed by atoms with E-state index in [4.69, 9.17) is 0 Å². The van der Waals surface area contributed by atoms with Crippen LogP contribution in [0.1, 0.15) is 47.2 Å². The van der Waals surface area contributed by atoms with Crippen LogP contribution in [0.5, 0.6) is 0 Å². The van der Waals surface area contributed by atoms with E-state index in [2.05, 4.69) is 5.32 Å². The summed E-state index contributed by atoms with van der Waals surface area (Å²) >= 11 is 0. The van der Waals surface area contributed by atoms with Gasteiger partial charge in [-0.3, -0.25) is 9.59 Å². The molecule has 120 valence electrons. The number of carbonyl (C=O) groups is 2. The number of nitrogens with one attached hydrogen (secondary N) is 1. The van der Waals surface area contributed by atoms with Crippen LogP contribution < -0.4 is 5.32 Å². The maximum absolute atomic E-state index is 12.3. The largest absolute Gasteiger partial charge is 0.341 e. The Morgan fingerprint density at radius 3 is 2.68 bits per heavy atom. The lowest BCUT2D eigenvalue weighted by Crippen LogP contribution is -2.47. The number of likely N-dealkylation sites (tertiary alicyclic amines) is 1. The average Bonchev–Trinajstić information content (AvgIpc) is 2.54. The van der Waals surface area contributed by atoms with Crippen LogP contribution >= 0.6 is 0 Å². The van der Waals surface area contributed by atoms with Gasteiger partial charge in [0.05, 0.1) is 0 Å². The van der Waals surface area contributed by atoms with Gasteiger partial charge < -0.3 is 10.2 Å². The lowest BCUT2D eigenvalue weighted by Gasteiger charge is -2.32. The summed E-state index contributed by atoms with van der Waals surface area (Å²) in [5.41, 5.74) is 3.01. The van der Waals surface area contributed by atoms with Gasteiger partial charge in [0.25, 0.3) is 0 Å². The predicted molar refractivity (Wildman–Crippen MR) is 88.1 cm³/mol. The highest BCUT2D eigenvalue weighted by Crippen LogP contribution is 2.15. The molecule has 1 fully saturated rings. The summed E-state index contributed by atoms with van der Waals surface area (Å²) in [6.07, 6.45) is 2.74. The van der Waals surface area contributed by atoms with Gasteiger partial charge >= 0.3 is 0 Å². The zero-order valence-electron chi connectivity index (χ0n) is 13.8. The van der Waals surface area contributed by atoms with Crippen molar-refractivity contribution in [3.05, 3.63) is 34.9 Å². The van der Waals surface area contributed by atoms with Crippen molar-refractivity contribution in [1.82, 2.24) is 10.2 Å². The summed E-state index contributed by atoms with van der Waals surface area (Å²) in [6.45, 7) is 5.60. The first kappa shape index (κ1) is 16.7. The average molecular weight is 302 g/mol. The molecule has 1 atom stereocenters. The molecule has 1 amide bonds. The third-order valence-corrected chi connectivity index (χ3v) is 4.58. The Morgan fingerprint density at radius 2 is 2.00 bits per heavy atom. The van der Waals surface area contributed by atoms with Gasteiger partial charge in [0, 0.05) is 37.5 Å². The number of likely N-dealkylation sites (N-methyl/N-ethyl adjacent to an activating group) is 1. The van der Waals surface area contributed by atoms with E-state index in [1.807, 2.05) is 44.0 Å². The molecule has 0 spiro atoms. The second kappa shape index (κ2) is 7.54. The van der Waals surface area contributed by atoms with Crippen LogP contribution in [0.3, 0.4) is 0 Å². The molecule has 0 aliphatic carbocycles. The Hall–Kier alpha value is -1.68. The van der Waals surface area contributed by atoms with E-state index in [9.17, 15) is 9.59 Å². The van der Waals surface area contributed by atoms with Gasteiger partial charge in [-0.25, -0.2) is 0 Å². The SMILES string of the molecule is CNC1CCCN(C(=O)CCC(=O)c2ccc(C)c(C)c2)C1. The number of hydrogen-bond donors (Lipinski definition) is 1. The monoisotopic (exact) mass is 302 g/mol. The van der Waals surface area contributed by atoms with E-state index in [0.717, 1.165) is 31.5 Å². The smallest absolute Gasteiger partial charge is 0.223 e. The second-order valence-corrected chi connectivity index (χ2v) is 6.19. The predicted octanol–water partition coefficient (Wildman–Crippen LogP) is 2.48. The maximum atomic E-state index is 12.3. The van der Waals surface area contributed by atoms with Gasteiger partial charge in [-0.05, 0) is 50.9 Å². The number of hydrogen-bond acceptors (Lipinski definition) is 3. The number of carbonyl (C=O) groups excluding carboxylic acids is 2. The van der Waals surface area contributed by atoms with Crippen molar-refractivity contribution in [2.75, 3.05) is 20.1 Å². The minimum absolute atomic E-state index is 0.0543. The first-order valence-electron chi connectivity index (χ1n) is 8.06. The van der Waals surface area contributed by atoms with Crippen molar-refractivity contribution in [2.45, 2.75) is 45.6 Å². The molecule has 1 aromatic rings. The van der Waals surface area contributed by atoms with Crippen molar-refractivity contribution >= 4 is 11.7 Å². The minimum Gasteiger partial charge on any atom is -0.341 e. The highest BCUT2D eigenvalue weighted by Gasteiger charge is 2.22. The molecule has 1 aliphatic rings. The summed E-state index contributed by atoms with van der Waals surface area (Å²) in [6, 6.07) is 6.12. The van der Waals surface area contributed by atoms with E-state index in [1.165, 1.54) is 5.56 Å². The van der Waals surface area contributed by atoms with Gasteiger partial charge in [0.2, 0.25) is 5.91 Å². The lowest BCUT2D eigenvalue weighted by atomic mass is 10.0. The number of ketones is 1. The van der Waals surface area contributed by atoms with Crippen LogP contribution in [0, 0.1) is 13.8 Å². The Bertz CT molecular complexity index is 554. The van der Waals surface area contributed by atoms with Gasteiger partial charge in [-0.2, -0.15) is 0 Å². The van der Waals surface area contributed by atoms with Crippen LogP contribution in [-0.2, 0) is 4.79 Å². The molecular formula is C18H26N2O2. The van der Waals surface area contributed by atoms with E-state index in [0.29, 0.717) is 24.4 Å². The highest BCUT2D eigenvalue weighted by molar-refractivity contribution is 5.98. The van der Waals surface area contributed by atoms with Gasteiger partial charge in [0.15, 0.2) is 5.78 Å².